The summed E-state index contributed by atoms with van der Waals surface area (Å²) in [7, 11) is 0. The molecule has 20 heavy (non-hydrogen) atoms. The largest absolute Gasteiger partial charge is 0.339 e. The predicted octanol–water partition coefficient (Wildman–Crippen LogP) is 3.33. The first kappa shape index (κ1) is 17.9. The van der Waals surface area contributed by atoms with Gasteiger partial charge in [-0.2, -0.15) is 0 Å². The van der Waals surface area contributed by atoms with Crippen LogP contribution >= 0.6 is 47.4 Å². The summed E-state index contributed by atoms with van der Waals surface area (Å²) in [5, 5.41) is 4.34. The maximum atomic E-state index is 12.3. The van der Waals surface area contributed by atoms with E-state index in [0.29, 0.717) is 10.0 Å². The molecule has 0 aromatic heterocycles. The Labute approximate surface area is 139 Å². The molecule has 1 aliphatic heterocycles. The van der Waals surface area contributed by atoms with E-state index in [0.717, 1.165) is 31.1 Å². The highest BCUT2D eigenvalue weighted by Gasteiger charge is 2.23. The maximum absolute atomic E-state index is 12.3. The van der Waals surface area contributed by atoms with Crippen molar-refractivity contribution >= 4 is 53.3 Å². The molecule has 1 atom stereocenters. The number of carbonyl (C=O) groups excluding carboxylic acids is 1. The van der Waals surface area contributed by atoms with Crippen LogP contribution < -0.4 is 5.32 Å². The van der Waals surface area contributed by atoms with Crippen LogP contribution in [0.4, 0.5) is 0 Å². The van der Waals surface area contributed by atoms with E-state index in [2.05, 4.69) is 5.32 Å². The number of benzene rings is 1. The molecule has 1 heterocycles. The van der Waals surface area contributed by atoms with Crippen LogP contribution in [0.25, 0.3) is 0 Å². The van der Waals surface area contributed by atoms with Gasteiger partial charge in [0.15, 0.2) is 0 Å². The van der Waals surface area contributed by atoms with Crippen LogP contribution in [0.5, 0.6) is 0 Å². The number of rotatable bonds is 3. The number of hydrogen-bond acceptors (Lipinski definition) is 3. The quantitative estimate of drug-likeness (QED) is 0.844. The van der Waals surface area contributed by atoms with E-state index in [1.807, 2.05) is 11.8 Å². The summed E-state index contributed by atoms with van der Waals surface area (Å²) in [6, 6.07) is 5.31. The third-order valence-electron chi connectivity index (χ3n) is 2.97. The fourth-order valence-corrected chi connectivity index (χ4v) is 3.45. The molecular formula is C13H17Cl3N2OS. The SMILES string of the molecule is CC(Sc1cc(Cl)ccc1Cl)C(=O)N1CCNCC1.Cl. The molecule has 0 bridgehead atoms. The monoisotopic (exact) mass is 354 g/mol. The summed E-state index contributed by atoms with van der Waals surface area (Å²) >= 11 is 13.5. The second-order valence-electron chi connectivity index (χ2n) is 4.41. The number of halogens is 3. The van der Waals surface area contributed by atoms with Gasteiger partial charge in [-0.25, -0.2) is 0 Å². The van der Waals surface area contributed by atoms with Crippen molar-refractivity contribution in [1.82, 2.24) is 10.2 Å². The average molecular weight is 356 g/mol. The number of carbonyl (C=O) groups is 1. The smallest absolute Gasteiger partial charge is 0.235 e. The standard InChI is InChI=1S/C13H16Cl2N2OS.ClH/c1-9(13(18)17-6-4-16-5-7-17)19-12-8-10(14)2-3-11(12)15;/h2-3,8-9,16H,4-7H2,1H3;1H. The van der Waals surface area contributed by atoms with E-state index in [1.54, 1.807) is 18.2 Å². The minimum Gasteiger partial charge on any atom is -0.339 e. The summed E-state index contributed by atoms with van der Waals surface area (Å²) in [4.78, 5) is 15.0. The minimum absolute atomic E-state index is 0. The van der Waals surface area contributed by atoms with Crippen molar-refractivity contribution in [1.29, 1.82) is 0 Å². The van der Waals surface area contributed by atoms with Crippen molar-refractivity contribution < 1.29 is 4.79 Å². The van der Waals surface area contributed by atoms with E-state index in [4.69, 9.17) is 23.2 Å². The summed E-state index contributed by atoms with van der Waals surface area (Å²) < 4.78 is 0. The van der Waals surface area contributed by atoms with E-state index in [-0.39, 0.29) is 23.6 Å². The molecule has 1 unspecified atom stereocenters. The number of thioether (sulfide) groups is 1. The average Bonchev–Trinajstić information content (AvgIpc) is 2.43. The lowest BCUT2D eigenvalue weighted by Crippen LogP contribution is -2.48. The number of nitrogens with one attached hydrogen (secondary N) is 1. The lowest BCUT2D eigenvalue weighted by molar-refractivity contribution is -0.130. The summed E-state index contributed by atoms with van der Waals surface area (Å²) in [6.07, 6.45) is 0. The molecule has 0 radical (unpaired) electrons. The van der Waals surface area contributed by atoms with Crippen molar-refractivity contribution in [3.63, 3.8) is 0 Å². The Hall–Kier alpha value is -0.130. The van der Waals surface area contributed by atoms with Crippen LogP contribution in [0.1, 0.15) is 6.92 Å². The Bertz CT molecular complexity index is 467. The van der Waals surface area contributed by atoms with Gasteiger partial charge in [-0.05, 0) is 25.1 Å². The molecule has 1 aromatic carbocycles. The highest BCUT2D eigenvalue weighted by atomic mass is 35.5. The normalized spacial score (nSPS) is 16.4. The molecule has 0 aliphatic carbocycles. The second kappa shape index (κ2) is 8.35. The van der Waals surface area contributed by atoms with E-state index < -0.39 is 0 Å². The summed E-state index contributed by atoms with van der Waals surface area (Å²) in [6.45, 7) is 5.17. The Balaban J connectivity index is 0.00000200. The number of amides is 1. The maximum Gasteiger partial charge on any atom is 0.235 e. The lowest BCUT2D eigenvalue weighted by atomic mass is 10.3. The van der Waals surface area contributed by atoms with Crippen molar-refractivity contribution in [3.05, 3.63) is 28.2 Å². The Morgan fingerprint density at radius 1 is 1.35 bits per heavy atom. The number of hydrogen-bond donors (Lipinski definition) is 1. The van der Waals surface area contributed by atoms with Gasteiger partial charge in [0, 0.05) is 36.1 Å². The van der Waals surface area contributed by atoms with Crippen LogP contribution in [-0.4, -0.2) is 42.2 Å². The van der Waals surface area contributed by atoms with Crippen LogP contribution in [0.2, 0.25) is 10.0 Å². The van der Waals surface area contributed by atoms with Gasteiger partial charge in [0.1, 0.15) is 0 Å². The summed E-state index contributed by atoms with van der Waals surface area (Å²) in [5.41, 5.74) is 0. The van der Waals surface area contributed by atoms with Gasteiger partial charge in [-0.3, -0.25) is 4.79 Å². The Morgan fingerprint density at radius 2 is 2.00 bits per heavy atom. The molecule has 1 amide bonds. The molecule has 7 heteroatoms. The second-order valence-corrected chi connectivity index (χ2v) is 6.64. The van der Waals surface area contributed by atoms with Gasteiger partial charge in [0.05, 0.1) is 10.3 Å². The van der Waals surface area contributed by atoms with Gasteiger partial charge in [0.25, 0.3) is 0 Å². The molecule has 112 valence electrons. The zero-order valence-corrected chi connectivity index (χ0v) is 14.2. The highest BCUT2D eigenvalue weighted by Crippen LogP contribution is 2.33. The molecule has 0 saturated carbocycles. The van der Waals surface area contributed by atoms with Crippen molar-refractivity contribution in [2.24, 2.45) is 0 Å². The number of nitrogens with zero attached hydrogens (tertiary/aromatic N) is 1. The molecule has 1 N–H and O–H groups in total. The molecular weight excluding hydrogens is 339 g/mol. The van der Waals surface area contributed by atoms with Crippen LogP contribution in [0, 0.1) is 0 Å². The predicted molar refractivity (Wildman–Crippen MR) is 88.5 cm³/mol. The zero-order valence-electron chi connectivity index (χ0n) is 11.1. The fraction of sp³-hybridized carbons (Fsp3) is 0.462. The van der Waals surface area contributed by atoms with Gasteiger partial charge in [-0.15, -0.1) is 24.2 Å². The topological polar surface area (TPSA) is 32.3 Å². The van der Waals surface area contributed by atoms with Gasteiger partial charge in [-0.1, -0.05) is 23.2 Å². The third kappa shape index (κ3) is 4.71. The lowest BCUT2D eigenvalue weighted by Gasteiger charge is -2.29. The first-order valence-corrected chi connectivity index (χ1v) is 7.82. The first-order chi connectivity index (χ1) is 9.08. The molecule has 3 nitrogen and oxygen atoms in total. The van der Waals surface area contributed by atoms with Crippen LogP contribution in [0.15, 0.2) is 23.1 Å². The highest BCUT2D eigenvalue weighted by molar-refractivity contribution is 8.00. The Kier molecular flexibility index (Phi) is 7.48. The third-order valence-corrected chi connectivity index (χ3v) is 4.80. The van der Waals surface area contributed by atoms with Gasteiger partial charge >= 0.3 is 0 Å². The zero-order chi connectivity index (χ0) is 13.8. The van der Waals surface area contributed by atoms with Gasteiger partial charge < -0.3 is 10.2 Å². The Morgan fingerprint density at radius 3 is 2.65 bits per heavy atom. The van der Waals surface area contributed by atoms with Crippen LogP contribution in [-0.2, 0) is 4.79 Å². The van der Waals surface area contributed by atoms with Crippen molar-refractivity contribution in [2.75, 3.05) is 26.2 Å². The van der Waals surface area contributed by atoms with Gasteiger partial charge in [0.2, 0.25) is 5.91 Å². The molecule has 1 aliphatic rings. The van der Waals surface area contributed by atoms with E-state index in [9.17, 15) is 4.79 Å². The molecule has 0 spiro atoms. The molecule has 1 aromatic rings. The fourth-order valence-electron chi connectivity index (χ4n) is 1.95. The van der Waals surface area contributed by atoms with E-state index in [1.165, 1.54) is 11.8 Å². The van der Waals surface area contributed by atoms with Crippen molar-refractivity contribution in [2.45, 2.75) is 17.1 Å². The molecule has 1 saturated heterocycles. The number of piperazine rings is 1. The molecule has 1 fully saturated rings. The summed E-state index contributed by atoms with van der Waals surface area (Å²) in [5.74, 6) is 0.155. The van der Waals surface area contributed by atoms with E-state index >= 15 is 0 Å². The first-order valence-electron chi connectivity index (χ1n) is 6.19. The van der Waals surface area contributed by atoms with Crippen molar-refractivity contribution in [3.8, 4) is 0 Å². The van der Waals surface area contributed by atoms with Crippen LogP contribution in [0.3, 0.4) is 0 Å². The molecule has 2 rings (SSSR count). The minimum atomic E-state index is -0.158.